The third-order valence-corrected chi connectivity index (χ3v) is 3.71. The first-order chi connectivity index (χ1) is 6.27. The van der Waals surface area contributed by atoms with Crippen molar-refractivity contribution in [2.45, 2.75) is 0 Å². The molecule has 0 fully saturated rings. The zero-order valence-electron chi connectivity index (χ0n) is 6.87. The standard InChI is InChI=1S/C9H8INOS/c10-8-5-7(6-13-8)9(12)11-3-1-2-4-11/h1-2,5-6H,3-4H2. The molecule has 13 heavy (non-hydrogen) atoms. The largest absolute Gasteiger partial charge is 0.331 e. The van der Waals surface area contributed by atoms with Crippen LogP contribution in [0.4, 0.5) is 0 Å². The first kappa shape index (κ1) is 9.21. The van der Waals surface area contributed by atoms with E-state index in [4.69, 9.17) is 0 Å². The van der Waals surface area contributed by atoms with Gasteiger partial charge in [-0.3, -0.25) is 4.79 Å². The summed E-state index contributed by atoms with van der Waals surface area (Å²) in [5, 5.41) is 1.92. The summed E-state index contributed by atoms with van der Waals surface area (Å²) in [6, 6.07) is 1.94. The molecule has 0 atom stereocenters. The Morgan fingerprint density at radius 1 is 1.46 bits per heavy atom. The molecule has 2 nitrogen and oxygen atoms in total. The summed E-state index contributed by atoms with van der Waals surface area (Å²) in [6.45, 7) is 1.51. The lowest BCUT2D eigenvalue weighted by atomic mass is 10.3. The van der Waals surface area contributed by atoms with Crippen molar-refractivity contribution in [2.24, 2.45) is 0 Å². The number of hydrogen-bond donors (Lipinski definition) is 0. The molecule has 1 aromatic heterocycles. The van der Waals surface area contributed by atoms with E-state index in [0.717, 1.165) is 21.5 Å². The van der Waals surface area contributed by atoms with Crippen molar-refractivity contribution in [3.05, 3.63) is 32.0 Å². The quantitative estimate of drug-likeness (QED) is 0.576. The molecule has 0 unspecified atom stereocenters. The van der Waals surface area contributed by atoms with Gasteiger partial charge in [-0.05, 0) is 28.7 Å². The molecule has 68 valence electrons. The lowest BCUT2D eigenvalue weighted by Gasteiger charge is -2.13. The van der Waals surface area contributed by atoms with E-state index in [1.807, 2.05) is 28.5 Å². The summed E-state index contributed by atoms with van der Waals surface area (Å²) >= 11 is 3.84. The lowest BCUT2D eigenvalue weighted by molar-refractivity contribution is 0.0800. The zero-order chi connectivity index (χ0) is 9.26. The summed E-state index contributed by atoms with van der Waals surface area (Å²) in [7, 11) is 0. The van der Waals surface area contributed by atoms with E-state index in [0.29, 0.717) is 0 Å². The summed E-state index contributed by atoms with van der Waals surface area (Å²) in [4.78, 5) is 13.6. The topological polar surface area (TPSA) is 20.3 Å². The van der Waals surface area contributed by atoms with Crippen molar-refractivity contribution in [3.8, 4) is 0 Å². The van der Waals surface area contributed by atoms with Crippen molar-refractivity contribution < 1.29 is 4.79 Å². The maximum atomic E-state index is 11.7. The van der Waals surface area contributed by atoms with Gasteiger partial charge in [-0.2, -0.15) is 0 Å². The van der Waals surface area contributed by atoms with Crippen LogP contribution in [0.2, 0.25) is 0 Å². The average molecular weight is 305 g/mol. The molecule has 4 heteroatoms. The summed E-state index contributed by atoms with van der Waals surface area (Å²) in [5.41, 5.74) is 0.818. The van der Waals surface area contributed by atoms with E-state index in [2.05, 4.69) is 22.6 Å². The first-order valence-electron chi connectivity index (χ1n) is 3.95. The van der Waals surface area contributed by atoms with E-state index in [1.54, 1.807) is 11.3 Å². The molecule has 1 aromatic rings. The van der Waals surface area contributed by atoms with Crippen LogP contribution in [0.1, 0.15) is 10.4 Å². The Morgan fingerprint density at radius 2 is 2.15 bits per heavy atom. The molecule has 0 aliphatic carbocycles. The van der Waals surface area contributed by atoms with Crippen molar-refractivity contribution in [2.75, 3.05) is 13.1 Å². The highest BCUT2D eigenvalue weighted by Gasteiger charge is 2.16. The molecule has 0 bridgehead atoms. The maximum absolute atomic E-state index is 11.7. The second kappa shape index (κ2) is 3.79. The average Bonchev–Trinajstić information content (AvgIpc) is 2.72. The molecule has 0 N–H and O–H groups in total. The number of thiophene rings is 1. The summed E-state index contributed by atoms with van der Waals surface area (Å²) in [6.07, 6.45) is 4.05. The van der Waals surface area contributed by atoms with Gasteiger partial charge in [0.2, 0.25) is 0 Å². The minimum absolute atomic E-state index is 0.143. The first-order valence-corrected chi connectivity index (χ1v) is 5.91. The number of carbonyl (C=O) groups excluding carboxylic acids is 1. The maximum Gasteiger partial charge on any atom is 0.255 e. The van der Waals surface area contributed by atoms with Gasteiger partial charge in [0.1, 0.15) is 0 Å². The van der Waals surface area contributed by atoms with E-state index in [9.17, 15) is 4.79 Å². The van der Waals surface area contributed by atoms with Crippen LogP contribution in [0.3, 0.4) is 0 Å². The Kier molecular flexibility index (Phi) is 2.69. The minimum Gasteiger partial charge on any atom is -0.331 e. The van der Waals surface area contributed by atoms with Crippen LogP contribution in [0, 0.1) is 2.88 Å². The second-order valence-corrected chi connectivity index (χ2v) is 5.63. The van der Waals surface area contributed by atoms with Gasteiger partial charge in [-0.25, -0.2) is 0 Å². The fraction of sp³-hybridized carbons (Fsp3) is 0.222. The Morgan fingerprint density at radius 3 is 2.69 bits per heavy atom. The van der Waals surface area contributed by atoms with Crippen LogP contribution in [0.25, 0.3) is 0 Å². The van der Waals surface area contributed by atoms with E-state index in [-0.39, 0.29) is 5.91 Å². The minimum atomic E-state index is 0.143. The van der Waals surface area contributed by atoms with Crippen molar-refractivity contribution in [3.63, 3.8) is 0 Å². The van der Waals surface area contributed by atoms with Gasteiger partial charge in [0, 0.05) is 18.5 Å². The molecule has 0 aromatic carbocycles. The van der Waals surface area contributed by atoms with E-state index >= 15 is 0 Å². The molecule has 0 spiro atoms. The second-order valence-electron chi connectivity index (χ2n) is 2.82. The Labute approximate surface area is 94.4 Å². The molecule has 2 heterocycles. The molecule has 0 saturated heterocycles. The highest BCUT2D eigenvalue weighted by atomic mass is 127. The molecule has 1 amide bonds. The van der Waals surface area contributed by atoms with Gasteiger partial charge < -0.3 is 4.90 Å². The highest BCUT2D eigenvalue weighted by Crippen LogP contribution is 2.18. The monoisotopic (exact) mass is 305 g/mol. The summed E-state index contributed by atoms with van der Waals surface area (Å²) < 4.78 is 1.16. The Bertz CT molecular complexity index is 350. The van der Waals surface area contributed by atoms with Crippen LogP contribution in [-0.2, 0) is 0 Å². The number of nitrogens with zero attached hydrogens (tertiary/aromatic N) is 1. The highest BCUT2D eigenvalue weighted by molar-refractivity contribution is 14.1. The third-order valence-electron chi connectivity index (χ3n) is 1.92. The third kappa shape index (κ3) is 1.94. The predicted octanol–water partition coefficient (Wildman–Crippen LogP) is 2.36. The Balaban J connectivity index is 2.13. The molecular weight excluding hydrogens is 297 g/mol. The molecule has 0 radical (unpaired) electrons. The van der Waals surface area contributed by atoms with Crippen LogP contribution in [0.15, 0.2) is 23.6 Å². The summed E-state index contributed by atoms with van der Waals surface area (Å²) in [5.74, 6) is 0.143. The van der Waals surface area contributed by atoms with E-state index < -0.39 is 0 Å². The fourth-order valence-electron chi connectivity index (χ4n) is 1.25. The van der Waals surface area contributed by atoms with E-state index in [1.165, 1.54) is 0 Å². The van der Waals surface area contributed by atoms with Crippen LogP contribution >= 0.6 is 33.9 Å². The number of carbonyl (C=O) groups is 1. The van der Waals surface area contributed by atoms with Crippen molar-refractivity contribution in [1.29, 1.82) is 0 Å². The van der Waals surface area contributed by atoms with Gasteiger partial charge >= 0.3 is 0 Å². The van der Waals surface area contributed by atoms with Gasteiger partial charge in [0.25, 0.3) is 5.91 Å². The van der Waals surface area contributed by atoms with Crippen molar-refractivity contribution >= 4 is 39.8 Å². The van der Waals surface area contributed by atoms with Gasteiger partial charge in [-0.1, -0.05) is 12.2 Å². The Hall–Kier alpha value is -0.360. The SMILES string of the molecule is O=C(c1csc(I)c1)N1CC=CC1. The van der Waals surface area contributed by atoms with Crippen LogP contribution in [-0.4, -0.2) is 23.9 Å². The molecular formula is C9H8INOS. The number of halogens is 1. The molecule has 2 rings (SSSR count). The van der Waals surface area contributed by atoms with Gasteiger partial charge in [0.15, 0.2) is 0 Å². The molecule has 1 aliphatic rings. The normalized spacial score (nSPS) is 15.3. The fourth-order valence-corrected chi connectivity index (χ4v) is 2.57. The predicted molar refractivity (Wildman–Crippen MR) is 62.1 cm³/mol. The molecule has 0 saturated carbocycles. The van der Waals surface area contributed by atoms with Gasteiger partial charge in [0.05, 0.1) is 8.45 Å². The van der Waals surface area contributed by atoms with Gasteiger partial charge in [-0.15, -0.1) is 11.3 Å². The smallest absolute Gasteiger partial charge is 0.255 e. The van der Waals surface area contributed by atoms with Crippen LogP contribution < -0.4 is 0 Å². The number of amides is 1. The number of hydrogen-bond acceptors (Lipinski definition) is 2. The van der Waals surface area contributed by atoms with Crippen molar-refractivity contribution in [1.82, 2.24) is 4.90 Å². The molecule has 1 aliphatic heterocycles. The lowest BCUT2D eigenvalue weighted by Crippen LogP contribution is -2.27. The zero-order valence-corrected chi connectivity index (χ0v) is 9.84. The van der Waals surface area contributed by atoms with Crippen LogP contribution in [0.5, 0.6) is 0 Å². The number of rotatable bonds is 1.